The van der Waals surface area contributed by atoms with E-state index in [-0.39, 0.29) is 0 Å². The zero-order chi connectivity index (χ0) is 39.0. The van der Waals surface area contributed by atoms with Gasteiger partial charge in [-0.2, -0.15) is 0 Å². The molecule has 0 radical (unpaired) electrons. The molecule has 0 aliphatic carbocycles. The smallest absolute Gasteiger partial charge is 0.169 e. The first-order chi connectivity index (χ1) is 27.3. The predicted octanol–water partition coefficient (Wildman–Crippen LogP) is 17.6. The van der Waals surface area contributed by atoms with Crippen LogP contribution in [0.5, 0.6) is 5.75 Å². The number of hydrogen-bond acceptors (Lipinski definition) is 1. The van der Waals surface area contributed by atoms with E-state index in [1.807, 2.05) is 0 Å². The standard InChI is InChI=1S/C53H92NO/c1-3-5-7-9-11-13-15-17-19-21-22-23-24-26-28-30-32-34-36-38-50-55-53-43-41-51(42-44-53)39-40-52-45-48-54(49-46-52)47-37-35-33-31-29-27-25-20-18-16-14-12-10-8-6-4-2/h39-46,48-49H,3-38,47,50H2,1-2H3/q+1. The van der Waals surface area contributed by atoms with Gasteiger partial charge in [0.05, 0.1) is 6.61 Å². The number of aryl methyl sites for hydroxylation is 1. The lowest BCUT2D eigenvalue weighted by Crippen LogP contribution is -2.32. The van der Waals surface area contributed by atoms with Gasteiger partial charge in [0.25, 0.3) is 0 Å². The molecule has 0 bridgehead atoms. The summed E-state index contributed by atoms with van der Waals surface area (Å²) in [5.74, 6) is 0.991. The second-order valence-corrected chi connectivity index (χ2v) is 17.1. The first-order valence-electron chi connectivity index (χ1n) is 24.7. The van der Waals surface area contributed by atoms with Crippen molar-refractivity contribution in [1.82, 2.24) is 0 Å². The third-order valence-electron chi connectivity index (χ3n) is 11.8. The number of pyridine rings is 1. The highest BCUT2D eigenvalue weighted by Crippen LogP contribution is 2.18. The lowest BCUT2D eigenvalue weighted by molar-refractivity contribution is -0.697. The number of benzene rings is 1. The molecule has 2 heteroatoms. The molecule has 0 saturated heterocycles. The van der Waals surface area contributed by atoms with Crippen molar-refractivity contribution in [2.24, 2.45) is 0 Å². The summed E-state index contributed by atoms with van der Waals surface area (Å²) in [6.07, 6.45) is 60.0. The van der Waals surface area contributed by atoms with Gasteiger partial charge >= 0.3 is 0 Å². The van der Waals surface area contributed by atoms with Gasteiger partial charge in [0, 0.05) is 18.6 Å². The van der Waals surface area contributed by atoms with Gasteiger partial charge in [-0.3, -0.25) is 0 Å². The second-order valence-electron chi connectivity index (χ2n) is 17.1. The molecule has 2 rings (SSSR count). The fraction of sp³-hybridized carbons (Fsp3) is 0.755. The van der Waals surface area contributed by atoms with Crippen LogP contribution in [0.2, 0.25) is 0 Å². The molecule has 0 aliphatic heterocycles. The van der Waals surface area contributed by atoms with Crippen molar-refractivity contribution >= 4 is 12.2 Å². The monoisotopic (exact) mass is 759 g/mol. The number of nitrogens with zero attached hydrogens (tertiary/aromatic N) is 1. The van der Waals surface area contributed by atoms with Crippen LogP contribution in [0.25, 0.3) is 12.2 Å². The zero-order valence-corrected chi connectivity index (χ0v) is 37.0. The van der Waals surface area contributed by atoms with Crippen molar-refractivity contribution in [2.75, 3.05) is 6.61 Å². The van der Waals surface area contributed by atoms with Gasteiger partial charge in [0.2, 0.25) is 0 Å². The lowest BCUT2D eigenvalue weighted by Gasteiger charge is -2.07. The molecule has 2 nitrogen and oxygen atoms in total. The quantitative estimate of drug-likeness (QED) is 0.0486. The molecule has 1 aromatic heterocycles. The Morgan fingerprint density at radius 1 is 0.345 bits per heavy atom. The van der Waals surface area contributed by atoms with Crippen LogP contribution in [0.4, 0.5) is 0 Å². The minimum Gasteiger partial charge on any atom is -0.494 e. The lowest BCUT2D eigenvalue weighted by atomic mass is 10.0. The maximum atomic E-state index is 6.04. The summed E-state index contributed by atoms with van der Waals surface area (Å²) in [6.45, 7) is 6.57. The molecule has 0 N–H and O–H groups in total. The molecule has 0 atom stereocenters. The topological polar surface area (TPSA) is 13.1 Å². The van der Waals surface area contributed by atoms with Crippen LogP contribution < -0.4 is 9.30 Å². The van der Waals surface area contributed by atoms with Crippen molar-refractivity contribution in [3.63, 3.8) is 0 Å². The summed E-state index contributed by atoms with van der Waals surface area (Å²) >= 11 is 0. The highest BCUT2D eigenvalue weighted by Gasteiger charge is 2.02. The van der Waals surface area contributed by atoms with Crippen molar-refractivity contribution in [3.05, 3.63) is 59.9 Å². The molecule has 0 spiro atoms. The molecule has 0 aliphatic rings. The van der Waals surface area contributed by atoms with Crippen LogP contribution >= 0.6 is 0 Å². The van der Waals surface area contributed by atoms with Crippen LogP contribution in [0.1, 0.15) is 256 Å². The molecule has 0 saturated carbocycles. The number of rotatable bonds is 41. The van der Waals surface area contributed by atoms with E-state index >= 15 is 0 Å². The van der Waals surface area contributed by atoms with E-state index in [9.17, 15) is 0 Å². The molecule has 0 amide bonds. The maximum absolute atomic E-state index is 6.04. The van der Waals surface area contributed by atoms with Gasteiger partial charge in [-0.15, -0.1) is 0 Å². The molecule has 1 aromatic carbocycles. The maximum Gasteiger partial charge on any atom is 0.169 e. The van der Waals surface area contributed by atoms with Crippen molar-refractivity contribution < 1.29 is 9.30 Å². The van der Waals surface area contributed by atoms with E-state index in [0.29, 0.717) is 0 Å². The van der Waals surface area contributed by atoms with E-state index in [4.69, 9.17) is 4.74 Å². The van der Waals surface area contributed by atoms with Gasteiger partial charge in [-0.05, 0) is 36.1 Å². The molecule has 0 unspecified atom stereocenters. The fourth-order valence-corrected chi connectivity index (χ4v) is 7.99. The molecular formula is C53H92NO+. The van der Waals surface area contributed by atoms with E-state index < -0.39 is 0 Å². The van der Waals surface area contributed by atoms with Gasteiger partial charge < -0.3 is 4.74 Å². The molecule has 55 heavy (non-hydrogen) atoms. The Bertz CT molecular complexity index is 1070. The Morgan fingerprint density at radius 2 is 0.636 bits per heavy atom. The Kier molecular flexibility index (Phi) is 34.6. The first-order valence-corrected chi connectivity index (χ1v) is 24.7. The normalized spacial score (nSPS) is 11.6. The number of unbranched alkanes of at least 4 members (excludes halogenated alkanes) is 34. The summed E-state index contributed by atoms with van der Waals surface area (Å²) in [6, 6.07) is 13.1. The summed E-state index contributed by atoms with van der Waals surface area (Å²) in [5, 5.41) is 0. The Balaban J connectivity index is 1.36. The predicted molar refractivity (Wildman–Crippen MR) is 245 cm³/mol. The van der Waals surface area contributed by atoms with E-state index in [1.54, 1.807) is 0 Å². The van der Waals surface area contributed by atoms with Crippen molar-refractivity contribution in [3.8, 4) is 5.75 Å². The molecule has 1 heterocycles. The minimum atomic E-state index is 0.831. The van der Waals surface area contributed by atoms with Gasteiger partial charge in [-0.1, -0.05) is 250 Å². The third-order valence-corrected chi connectivity index (χ3v) is 11.8. The fourth-order valence-electron chi connectivity index (χ4n) is 7.99. The molecule has 2 aromatic rings. The van der Waals surface area contributed by atoms with Gasteiger partial charge in [-0.25, -0.2) is 4.57 Å². The number of ether oxygens (including phenoxy) is 1. The van der Waals surface area contributed by atoms with Crippen LogP contribution in [0, 0.1) is 0 Å². The highest BCUT2D eigenvalue weighted by molar-refractivity contribution is 5.69. The van der Waals surface area contributed by atoms with Crippen molar-refractivity contribution in [2.45, 2.75) is 252 Å². The van der Waals surface area contributed by atoms with E-state index in [2.05, 4.69) is 79.4 Å². The molecule has 0 fully saturated rings. The number of aromatic nitrogens is 1. The van der Waals surface area contributed by atoms with E-state index in [0.717, 1.165) is 25.3 Å². The first kappa shape index (κ1) is 49.1. The summed E-state index contributed by atoms with van der Waals surface area (Å²) in [5.41, 5.74) is 2.47. The average Bonchev–Trinajstić information content (AvgIpc) is 3.21. The Hall–Kier alpha value is -2.09. The summed E-state index contributed by atoms with van der Waals surface area (Å²) in [4.78, 5) is 0. The van der Waals surface area contributed by atoms with Crippen LogP contribution in [-0.4, -0.2) is 6.61 Å². The van der Waals surface area contributed by atoms with Gasteiger partial charge in [0.15, 0.2) is 12.4 Å². The van der Waals surface area contributed by atoms with Crippen LogP contribution in [0.3, 0.4) is 0 Å². The molecule has 314 valence electrons. The van der Waals surface area contributed by atoms with Gasteiger partial charge in [0.1, 0.15) is 12.3 Å². The second kappa shape index (κ2) is 38.8. The van der Waals surface area contributed by atoms with Crippen molar-refractivity contribution in [1.29, 1.82) is 0 Å². The molecular weight excluding hydrogens is 667 g/mol. The van der Waals surface area contributed by atoms with Crippen LogP contribution in [0.15, 0.2) is 48.8 Å². The Labute approximate surface area is 344 Å². The highest BCUT2D eigenvalue weighted by atomic mass is 16.5. The van der Waals surface area contributed by atoms with Crippen LogP contribution in [-0.2, 0) is 6.54 Å². The minimum absolute atomic E-state index is 0.831. The zero-order valence-electron chi connectivity index (χ0n) is 37.0. The summed E-state index contributed by atoms with van der Waals surface area (Å²) < 4.78 is 8.38. The number of hydrogen-bond donors (Lipinski definition) is 0. The largest absolute Gasteiger partial charge is 0.494 e. The average molecular weight is 759 g/mol. The summed E-state index contributed by atoms with van der Waals surface area (Å²) in [7, 11) is 0. The van der Waals surface area contributed by atoms with E-state index in [1.165, 1.54) is 236 Å². The SMILES string of the molecule is CCCCCCCCCCCCCCCCCCCCCCOc1ccc(C=Cc2cc[n+](CCCCCCCCCCCCCCCCCC)cc2)cc1. The third kappa shape index (κ3) is 31.7. The Morgan fingerprint density at radius 3 is 0.982 bits per heavy atom.